The molecule has 17 rings (SSSR count). The summed E-state index contributed by atoms with van der Waals surface area (Å²) >= 11 is 0. The molecule has 6 heteroatoms. The van der Waals surface area contributed by atoms with Crippen LogP contribution >= 0.6 is 0 Å². The number of rotatable bonds is 5. The van der Waals surface area contributed by atoms with E-state index in [2.05, 4.69) is 285 Å². The molecule has 0 radical (unpaired) electrons. The maximum absolute atomic E-state index is 5.59. The Morgan fingerprint density at radius 3 is 1.37 bits per heavy atom. The molecule has 416 valence electrons. The monoisotopic (exact) mass is 1120 g/mol. The van der Waals surface area contributed by atoms with Crippen molar-refractivity contribution in [3.05, 3.63) is 240 Å². The van der Waals surface area contributed by atoms with Crippen molar-refractivity contribution in [2.45, 2.75) is 80.1 Å². The van der Waals surface area contributed by atoms with Crippen molar-refractivity contribution in [2.75, 3.05) is 0 Å². The molecule has 3 aromatic heterocycles. The second-order valence-electron chi connectivity index (χ2n) is 27.1. The predicted molar refractivity (Wildman–Crippen MR) is 369 cm³/mol. The van der Waals surface area contributed by atoms with Crippen LogP contribution in [0.5, 0.6) is 0 Å². The van der Waals surface area contributed by atoms with Gasteiger partial charge in [0.15, 0.2) is 17.5 Å². The van der Waals surface area contributed by atoms with Gasteiger partial charge < -0.3 is 9.13 Å². The Labute approximate surface area is 507 Å². The summed E-state index contributed by atoms with van der Waals surface area (Å²) in [5.74, 6) is 1.94. The third-order valence-electron chi connectivity index (χ3n) is 19.1. The number of benzene rings is 12. The van der Waals surface area contributed by atoms with Crippen LogP contribution in [-0.4, -0.2) is 30.8 Å². The molecular formula is C81H64BN5. The van der Waals surface area contributed by atoms with Crippen LogP contribution in [0.15, 0.2) is 206 Å². The fraction of sp³-hybridized carbons (Fsp3) is 0.148. The van der Waals surface area contributed by atoms with Gasteiger partial charge in [-0.15, -0.1) is 0 Å². The number of fused-ring (bicyclic) bond motifs is 17. The third kappa shape index (κ3) is 7.69. The van der Waals surface area contributed by atoms with Crippen molar-refractivity contribution in [2.24, 2.45) is 0 Å². The summed E-state index contributed by atoms with van der Waals surface area (Å²) in [5, 5.41) is 12.6. The summed E-state index contributed by atoms with van der Waals surface area (Å²) < 4.78 is 5.26. The minimum absolute atomic E-state index is 0.0643. The molecule has 15 aromatic rings. The van der Waals surface area contributed by atoms with E-state index in [1.165, 1.54) is 126 Å². The van der Waals surface area contributed by atoms with Gasteiger partial charge in [-0.25, -0.2) is 15.0 Å². The highest BCUT2D eigenvalue weighted by Gasteiger charge is 2.43. The van der Waals surface area contributed by atoms with E-state index >= 15 is 0 Å². The van der Waals surface area contributed by atoms with Crippen LogP contribution in [0.1, 0.15) is 74.9 Å². The van der Waals surface area contributed by atoms with Gasteiger partial charge in [0.05, 0.1) is 11.0 Å². The summed E-state index contributed by atoms with van der Waals surface area (Å²) in [6.07, 6.45) is 0. The Balaban J connectivity index is 1.08. The molecule has 0 atom stereocenters. The largest absolute Gasteiger partial charge is 0.310 e. The fourth-order valence-corrected chi connectivity index (χ4v) is 15.3. The Morgan fingerprint density at radius 2 is 0.782 bits per heavy atom. The Bertz CT molecular complexity index is 5390. The lowest BCUT2D eigenvalue weighted by Gasteiger charge is -2.35. The molecule has 0 saturated heterocycles. The van der Waals surface area contributed by atoms with Crippen LogP contribution in [0, 0.1) is 27.7 Å². The van der Waals surface area contributed by atoms with Gasteiger partial charge in [0.1, 0.15) is 0 Å². The van der Waals surface area contributed by atoms with Gasteiger partial charge in [0.2, 0.25) is 0 Å². The van der Waals surface area contributed by atoms with E-state index in [1.807, 2.05) is 0 Å². The van der Waals surface area contributed by atoms with Gasteiger partial charge in [0, 0.05) is 66.0 Å². The number of nitrogens with zero attached hydrogens (tertiary/aromatic N) is 5. The van der Waals surface area contributed by atoms with E-state index in [0.29, 0.717) is 17.5 Å². The van der Waals surface area contributed by atoms with Crippen molar-refractivity contribution >= 4 is 99.0 Å². The molecule has 5 nitrogen and oxygen atoms in total. The first-order valence-electron chi connectivity index (χ1n) is 30.8. The van der Waals surface area contributed by atoms with Gasteiger partial charge in [-0.1, -0.05) is 203 Å². The van der Waals surface area contributed by atoms with Crippen molar-refractivity contribution in [1.82, 2.24) is 24.1 Å². The maximum atomic E-state index is 5.59. The smallest absolute Gasteiger partial charge is 0.252 e. The minimum atomic E-state index is -0.158. The lowest BCUT2D eigenvalue weighted by molar-refractivity contribution is 0.590. The van der Waals surface area contributed by atoms with Gasteiger partial charge in [-0.3, -0.25) is 0 Å². The zero-order valence-electron chi connectivity index (χ0n) is 50.9. The van der Waals surface area contributed by atoms with Crippen LogP contribution in [-0.2, 0) is 10.8 Å². The van der Waals surface area contributed by atoms with Gasteiger partial charge in [-0.05, 0) is 182 Å². The van der Waals surface area contributed by atoms with Crippen LogP contribution in [0.4, 0.5) is 0 Å². The lowest BCUT2D eigenvalue weighted by Crippen LogP contribution is -2.59. The topological polar surface area (TPSA) is 48.5 Å². The van der Waals surface area contributed by atoms with E-state index in [-0.39, 0.29) is 17.5 Å². The number of hydrogen-bond donors (Lipinski definition) is 0. The number of aryl methyl sites for hydroxylation is 4. The third-order valence-corrected chi connectivity index (χ3v) is 19.1. The SMILES string of the molecule is Cc1cc(C)cc(-c2nc(-c3cc(C)cc(C)c3)nc(-c3cc4c5c(c3)-n3c6ccc7c8ccccc8c8ccccc8c7c6c6cc(-c7ccccc7-c7ccccc7)cc(c63)B5c3cc(C(C)(C)C)cc5c6cc(C(C)(C)C)ccc6n-4c35)n2)c1. The van der Waals surface area contributed by atoms with Crippen LogP contribution < -0.4 is 16.4 Å². The molecular weight excluding hydrogens is 1050 g/mol. The lowest BCUT2D eigenvalue weighted by atomic mass is 9.34. The summed E-state index contributed by atoms with van der Waals surface area (Å²) in [6, 6.07) is 78.4. The molecule has 87 heavy (non-hydrogen) atoms. The zero-order chi connectivity index (χ0) is 59.1. The molecule has 0 saturated carbocycles. The van der Waals surface area contributed by atoms with Gasteiger partial charge in [-0.2, -0.15) is 0 Å². The van der Waals surface area contributed by atoms with Crippen molar-refractivity contribution in [3.63, 3.8) is 0 Å². The normalized spacial score (nSPS) is 12.9. The molecule has 5 heterocycles. The Hall–Kier alpha value is -9.91. The average molecular weight is 1120 g/mol. The molecule has 0 fully saturated rings. The summed E-state index contributed by atoms with van der Waals surface area (Å²) in [7, 11) is 0. The number of aromatic nitrogens is 5. The summed E-state index contributed by atoms with van der Waals surface area (Å²) in [5.41, 5.74) is 25.8. The van der Waals surface area contributed by atoms with E-state index < -0.39 is 0 Å². The van der Waals surface area contributed by atoms with Gasteiger partial charge >= 0.3 is 0 Å². The molecule has 12 aromatic carbocycles. The van der Waals surface area contributed by atoms with E-state index in [9.17, 15) is 0 Å². The van der Waals surface area contributed by atoms with Crippen molar-refractivity contribution in [1.29, 1.82) is 0 Å². The quantitative estimate of drug-likeness (QED) is 0.127. The summed E-state index contributed by atoms with van der Waals surface area (Å²) in [6.45, 7) is 22.6. The maximum Gasteiger partial charge on any atom is 0.252 e. The standard InChI is InChI=1S/C81H64BN5/c1-45-32-46(2)35-51(34-45)77-83-78(52-36-47(3)33-48(4)37-52)85-79(84-77)53-40-70-74-71(41-53)87-69-31-29-62-60-26-17-16-24-58(60)59-25-18-19-27-61(59)72(62)73(69)65-38-50(57-23-15-14-22-56(57)49-20-12-11-13-21-49)39-66(76(65)87)82(74)67-44-55(81(8,9)10)43-64-63-42-54(80(5,6)7)28-30-68(63)86(70)75(64)67/h11-44H,1-10H3. The minimum Gasteiger partial charge on any atom is -0.310 e. The Kier molecular flexibility index (Phi) is 10.8. The van der Waals surface area contributed by atoms with Crippen LogP contribution in [0.3, 0.4) is 0 Å². The van der Waals surface area contributed by atoms with Gasteiger partial charge in [0.25, 0.3) is 6.71 Å². The second-order valence-corrected chi connectivity index (χ2v) is 27.1. The molecule has 0 spiro atoms. The van der Waals surface area contributed by atoms with Crippen molar-refractivity contribution in [3.8, 4) is 67.8 Å². The van der Waals surface area contributed by atoms with E-state index in [1.54, 1.807) is 0 Å². The van der Waals surface area contributed by atoms with Crippen molar-refractivity contribution < 1.29 is 0 Å². The van der Waals surface area contributed by atoms with Crippen LogP contribution in [0.25, 0.3) is 144 Å². The second kappa shape index (κ2) is 18.3. The highest BCUT2D eigenvalue weighted by Crippen LogP contribution is 2.48. The highest BCUT2D eigenvalue weighted by molar-refractivity contribution is 7.00. The zero-order valence-corrected chi connectivity index (χ0v) is 50.9. The average Bonchev–Trinajstić information content (AvgIpc) is 1.61. The molecule has 0 aliphatic carbocycles. The predicted octanol–water partition coefficient (Wildman–Crippen LogP) is 18.8. The van der Waals surface area contributed by atoms with E-state index in [4.69, 9.17) is 15.0 Å². The first-order valence-corrected chi connectivity index (χ1v) is 30.8. The summed E-state index contributed by atoms with van der Waals surface area (Å²) in [4.78, 5) is 16.5. The highest BCUT2D eigenvalue weighted by atomic mass is 15.1. The Morgan fingerprint density at radius 1 is 0.322 bits per heavy atom. The van der Waals surface area contributed by atoms with Crippen LogP contribution in [0.2, 0.25) is 0 Å². The first kappa shape index (κ1) is 51.5. The first-order chi connectivity index (χ1) is 42.0. The molecule has 0 bridgehead atoms. The fourth-order valence-electron chi connectivity index (χ4n) is 15.3. The molecule has 0 amide bonds. The molecule has 0 N–H and O–H groups in total. The van der Waals surface area contributed by atoms with E-state index in [0.717, 1.165) is 50.3 Å². The number of hydrogen-bond acceptors (Lipinski definition) is 3. The molecule has 0 unspecified atom stereocenters. The molecule has 2 aliphatic rings. The molecule has 2 aliphatic heterocycles.